The SMILES string of the molecule is Cc1cc(N2CCC(C)C2)c(C(C)N)cc1F. The Morgan fingerprint density at radius 3 is 2.71 bits per heavy atom. The first-order valence-corrected chi connectivity index (χ1v) is 6.29. The molecule has 0 saturated carbocycles. The van der Waals surface area contributed by atoms with Gasteiger partial charge in [-0.1, -0.05) is 6.92 Å². The predicted octanol–water partition coefficient (Wildman–Crippen LogP) is 3.00. The molecule has 1 aliphatic heterocycles. The number of nitrogens with zero attached hydrogens (tertiary/aromatic N) is 1. The molecule has 3 heteroatoms. The molecule has 0 aliphatic carbocycles. The Labute approximate surface area is 103 Å². The van der Waals surface area contributed by atoms with Crippen LogP contribution in [-0.4, -0.2) is 13.1 Å². The summed E-state index contributed by atoms with van der Waals surface area (Å²) >= 11 is 0. The van der Waals surface area contributed by atoms with Gasteiger partial charge >= 0.3 is 0 Å². The fourth-order valence-electron chi connectivity index (χ4n) is 2.47. The number of aryl methyl sites for hydroxylation is 1. The van der Waals surface area contributed by atoms with Crippen molar-refractivity contribution in [3.8, 4) is 0 Å². The van der Waals surface area contributed by atoms with Gasteiger partial charge in [0.25, 0.3) is 0 Å². The number of hydrogen-bond donors (Lipinski definition) is 1. The summed E-state index contributed by atoms with van der Waals surface area (Å²) in [7, 11) is 0. The second kappa shape index (κ2) is 4.65. The molecule has 1 aromatic carbocycles. The third-order valence-corrected chi connectivity index (χ3v) is 3.56. The molecule has 1 heterocycles. The van der Waals surface area contributed by atoms with Crippen LogP contribution >= 0.6 is 0 Å². The van der Waals surface area contributed by atoms with Crippen LogP contribution in [0.5, 0.6) is 0 Å². The summed E-state index contributed by atoms with van der Waals surface area (Å²) < 4.78 is 13.6. The van der Waals surface area contributed by atoms with Gasteiger partial charge in [-0.2, -0.15) is 0 Å². The molecule has 2 N–H and O–H groups in total. The smallest absolute Gasteiger partial charge is 0.126 e. The molecule has 1 fully saturated rings. The molecule has 0 radical (unpaired) electrons. The standard InChI is InChI=1S/C14H21FN2/c1-9-4-5-17(8-9)14-6-10(2)13(15)7-12(14)11(3)16/h6-7,9,11H,4-5,8,16H2,1-3H3. The maximum absolute atomic E-state index is 13.6. The fourth-order valence-corrected chi connectivity index (χ4v) is 2.47. The first-order valence-electron chi connectivity index (χ1n) is 6.29. The van der Waals surface area contributed by atoms with Crippen LogP contribution < -0.4 is 10.6 Å². The molecular weight excluding hydrogens is 215 g/mol. The molecule has 1 aliphatic rings. The third-order valence-electron chi connectivity index (χ3n) is 3.56. The highest BCUT2D eigenvalue weighted by atomic mass is 19.1. The minimum absolute atomic E-state index is 0.129. The first kappa shape index (κ1) is 12.4. The minimum atomic E-state index is -0.159. The Balaban J connectivity index is 2.40. The Bertz CT molecular complexity index is 415. The molecule has 0 aromatic heterocycles. The van der Waals surface area contributed by atoms with Crippen molar-refractivity contribution in [1.29, 1.82) is 0 Å². The lowest BCUT2D eigenvalue weighted by Crippen LogP contribution is -2.22. The van der Waals surface area contributed by atoms with Crippen LogP contribution in [0, 0.1) is 18.7 Å². The van der Waals surface area contributed by atoms with Crippen molar-refractivity contribution < 1.29 is 4.39 Å². The van der Waals surface area contributed by atoms with Crippen molar-refractivity contribution in [2.75, 3.05) is 18.0 Å². The van der Waals surface area contributed by atoms with Crippen LogP contribution in [0.4, 0.5) is 10.1 Å². The summed E-state index contributed by atoms with van der Waals surface area (Å²) in [5, 5.41) is 0. The lowest BCUT2D eigenvalue weighted by atomic mass is 10.0. The number of hydrogen-bond acceptors (Lipinski definition) is 2. The van der Waals surface area contributed by atoms with Crippen LogP contribution in [0.2, 0.25) is 0 Å². The second-order valence-electron chi connectivity index (χ2n) is 5.29. The van der Waals surface area contributed by atoms with E-state index in [1.807, 2.05) is 19.9 Å². The van der Waals surface area contributed by atoms with E-state index in [9.17, 15) is 4.39 Å². The van der Waals surface area contributed by atoms with E-state index in [0.29, 0.717) is 11.5 Å². The number of benzene rings is 1. The van der Waals surface area contributed by atoms with Gasteiger partial charge in [-0.05, 0) is 49.4 Å². The zero-order valence-electron chi connectivity index (χ0n) is 10.8. The molecule has 0 spiro atoms. The van der Waals surface area contributed by atoms with Gasteiger partial charge in [-0.25, -0.2) is 4.39 Å². The van der Waals surface area contributed by atoms with Crippen molar-refractivity contribution in [2.45, 2.75) is 33.2 Å². The maximum atomic E-state index is 13.6. The second-order valence-corrected chi connectivity index (χ2v) is 5.29. The minimum Gasteiger partial charge on any atom is -0.371 e. The molecular formula is C14H21FN2. The lowest BCUT2D eigenvalue weighted by molar-refractivity contribution is 0.612. The van der Waals surface area contributed by atoms with E-state index in [0.717, 1.165) is 24.3 Å². The predicted molar refractivity (Wildman–Crippen MR) is 69.7 cm³/mol. The fraction of sp³-hybridized carbons (Fsp3) is 0.571. The highest BCUT2D eigenvalue weighted by molar-refractivity contribution is 5.57. The lowest BCUT2D eigenvalue weighted by Gasteiger charge is -2.24. The van der Waals surface area contributed by atoms with E-state index < -0.39 is 0 Å². The molecule has 94 valence electrons. The van der Waals surface area contributed by atoms with Crippen molar-refractivity contribution in [3.05, 3.63) is 29.1 Å². The van der Waals surface area contributed by atoms with E-state index >= 15 is 0 Å². The highest BCUT2D eigenvalue weighted by Crippen LogP contribution is 2.31. The van der Waals surface area contributed by atoms with Gasteiger partial charge in [0, 0.05) is 24.8 Å². The van der Waals surface area contributed by atoms with Crippen LogP contribution in [0.15, 0.2) is 12.1 Å². The van der Waals surface area contributed by atoms with Gasteiger partial charge in [-0.15, -0.1) is 0 Å². The molecule has 2 nitrogen and oxygen atoms in total. The summed E-state index contributed by atoms with van der Waals surface area (Å²) in [6, 6.07) is 3.40. The van der Waals surface area contributed by atoms with Crippen LogP contribution in [0.3, 0.4) is 0 Å². The van der Waals surface area contributed by atoms with E-state index in [1.165, 1.54) is 6.42 Å². The zero-order valence-corrected chi connectivity index (χ0v) is 10.8. The average Bonchev–Trinajstić information content (AvgIpc) is 2.68. The van der Waals surface area contributed by atoms with E-state index in [4.69, 9.17) is 5.73 Å². The van der Waals surface area contributed by atoms with E-state index in [2.05, 4.69) is 11.8 Å². The highest BCUT2D eigenvalue weighted by Gasteiger charge is 2.22. The number of halogens is 1. The van der Waals surface area contributed by atoms with Crippen molar-refractivity contribution >= 4 is 5.69 Å². The molecule has 1 aromatic rings. The van der Waals surface area contributed by atoms with Gasteiger partial charge in [-0.3, -0.25) is 0 Å². The van der Waals surface area contributed by atoms with Crippen LogP contribution in [-0.2, 0) is 0 Å². The largest absolute Gasteiger partial charge is 0.371 e. The quantitative estimate of drug-likeness (QED) is 0.855. The molecule has 0 bridgehead atoms. The Hall–Kier alpha value is -1.09. The topological polar surface area (TPSA) is 29.3 Å². The van der Waals surface area contributed by atoms with Crippen molar-refractivity contribution in [3.63, 3.8) is 0 Å². The zero-order chi connectivity index (χ0) is 12.6. The number of nitrogens with two attached hydrogens (primary N) is 1. The summed E-state index contributed by atoms with van der Waals surface area (Å²) in [6.45, 7) is 8.06. The normalized spacial score (nSPS) is 21.9. The van der Waals surface area contributed by atoms with Gasteiger partial charge in [0.1, 0.15) is 5.82 Å². The van der Waals surface area contributed by atoms with Crippen LogP contribution in [0.25, 0.3) is 0 Å². The van der Waals surface area contributed by atoms with Gasteiger partial charge in [0.05, 0.1) is 0 Å². The molecule has 2 atom stereocenters. The summed E-state index contributed by atoms with van der Waals surface area (Å²) in [6.07, 6.45) is 1.20. The molecule has 17 heavy (non-hydrogen) atoms. The maximum Gasteiger partial charge on any atom is 0.126 e. The van der Waals surface area contributed by atoms with Gasteiger partial charge in [0.15, 0.2) is 0 Å². The van der Waals surface area contributed by atoms with E-state index in [-0.39, 0.29) is 11.9 Å². The van der Waals surface area contributed by atoms with E-state index in [1.54, 1.807) is 6.07 Å². The Kier molecular flexibility index (Phi) is 3.38. The van der Waals surface area contributed by atoms with Crippen molar-refractivity contribution in [1.82, 2.24) is 0 Å². The Morgan fingerprint density at radius 2 is 2.18 bits per heavy atom. The third kappa shape index (κ3) is 2.44. The molecule has 2 unspecified atom stereocenters. The first-order chi connectivity index (χ1) is 7.99. The van der Waals surface area contributed by atoms with Crippen LogP contribution in [0.1, 0.15) is 37.4 Å². The average molecular weight is 236 g/mol. The summed E-state index contributed by atoms with van der Waals surface area (Å²) in [5.74, 6) is 0.551. The summed E-state index contributed by atoms with van der Waals surface area (Å²) in [4.78, 5) is 2.33. The summed E-state index contributed by atoms with van der Waals surface area (Å²) in [5.41, 5.74) is 8.67. The van der Waals surface area contributed by atoms with Gasteiger partial charge < -0.3 is 10.6 Å². The number of rotatable bonds is 2. The van der Waals surface area contributed by atoms with Crippen molar-refractivity contribution in [2.24, 2.45) is 11.7 Å². The van der Waals surface area contributed by atoms with Gasteiger partial charge in [0.2, 0.25) is 0 Å². The molecule has 1 saturated heterocycles. The molecule has 2 rings (SSSR count). The monoisotopic (exact) mass is 236 g/mol. The number of anilines is 1. The molecule has 0 amide bonds. The Morgan fingerprint density at radius 1 is 1.47 bits per heavy atom.